The Morgan fingerprint density at radius 3 is 2.29 bits per heavy atom. The highest BCUT2D eigenvalue weighted by Gasteiger charge is 2.27. The second-order valence-corrected chi connectivity index (χ2v) is 4.96. The molecule has 0 aromatic carbocycles. The Morgan fingerprint density at radius 1 is 1.29 bits per heavy atom. The zero-order valence-corrected chi connectivity index (χ0v) is 10.1. The number of nitrogens with zero attached hydrogens (tertiary/aromatic N) is 2. The van der Waals surface area contributed by atoms with Gasteiger partial charge in [-0.25, -0.2) is 0 Å². The van der Waals surface area contributed by atoms with Crippen molar-refractivity contribution >= 4 is 0 Å². The predicted octanol–water partition coefficient (Wildman–Crippen LogP) is 0.622. The van der Waals surface area contributed by atoms with E-state index in [-0.39, 0.29) is 0 Å². The molecule has 0 unspecified atom stereocenters. The third kappa shape index (κ3) is 3.56. The summed E-state index contributed by atoms with van der Waals surface area (Å²) in [5.74, 6) is 0. The molecule has 14 heavy (non-hydrogen) atoms. The lowest BCUT2D eigenvalue weighted by Crippen LogP contribution is -2.50. The van der Waals surface area contributed by atoms with Crippen LogP contribution < -0.4 is 5.32 Å². The second kappa shape index (κ2) is 5.10. The quantitative estimate of drug-likeness (QED) is 0.716. The van der Waals surface area contributed by atoms with Crippen molar-refractivity contribution in [2.75, 3.05) is 47.3 Å². The average Bonchev–Trinajstić information content (AvgIpc) is 2.17. The number of rotatable bonds is 4. The molecule has 3 nitrogen and oxygen atoms in total. The molecule has 84 valence electrons. The number of hydrogen-bond acceptors (Lipinski definition) is 3. The molecule has 0 spiro atoms. The fourth-order valence-corrected chi connectivity index (χ4v) is 1.86. The van der Waals surface area contributed by atoms with Crippen LogP contribution in [0, 0.1) is 0 Å². The molecule has 0 aromatic rings. The molecule has 1 aliphatic heterocycles. The van der Waals surface area contributed by atoms with Gasteiger partial charge in [0, 0.05) is 18.6 Å². The number of piperidine rings is 1. The van der Waals surface area contributed by atoms with Gasteiger partial charge in [0.2, 0.25) is 0 Å². The van der Waals surface area contributed by atoms with E-state index in [2.05, 4.69) is 43.2 Å². The molecule has 0 atom stereocenters. The van der Waals surface area contributed by atoms with Crippen molar-refractivity contribution in [1.29, 1.82) is 0 Å². The summed E-state index contributed by atoms with van der Waals surface area (Å²) in [6.45, 7) is 7.20. The smallest absolute Gasteiger partial charge is 0.0174 e. The molecule has 1 saturated heterocycles. The summed E-state index contributed by atoms with van der Waals surface area (Å²) in [6, 6.07) is 0. The molecular formula is C11H25N3. The van der Waals surface area contributed by atoms with Gasteiger partial charge in [0.1, 0.15) is 0 Å². The summed E-state index contributed by atoms with van der Waals surface area (Å²) in [5, 5.41) is 3.43. The van der Waals surface area contributed by atoms with Crippen LogP contribution in [-0.4, -0.2) is 62.7 Å². The fraction of sp³-hybridized carbons (Fsp3) is 1.00. The van der Waals surface area contributed by atoms with E-state index in [1.165, 1.54) is 39.0 Å². The van der Waals surface area contributed by atoms with Crippen LogP contribution in [0.15, 0.2) is 0 Å². The minimum Gasteiger partial charge on any atom is -0.314 e. The topological polar surface area (TPSA) is 18.5 Å². The van der Waals surface area contributed by atoms with E-state index >= 15 is 0 Å². The molecule has 3 heteroatoms. The van der Waals surface area contributed by atoms with E-state index in [1.807, 2.05) is 0 Å². The summed E-state index contributed by atoms with van der Waals surface area (Å²) < 4.78 is 0. The van der Waals surface area contributed by atoms with E-state index in [0.29, 0.717) is 5.54 Å². The molecular weight excluding hydrogens is 174 g/mol. The van der Waals surface area contributed by atoms with Crippen molar-refractivity contribution in [2.45, 2.75) is 25.3 Å². The lowest BCUT2D eigenvalue weighted by atomic mass is 9.90. The SMILES string of the molecule is CNC1(C)CCN(CCN(C)C)CC1. The van der Waals surface area contributed by atoms with Crippen molar-refractivity contribution in [3.8, 4) is 0 Å². The van der Waals surface area contributed by atoms with Gasteiger partial charge in [0.05, 0.1) is 0 Å². The summed E-state index contributed by atoms with van der Waals surface area (Å²) >= 11 is 0. The van der Waals surface area contributed by atoms with E-state index in [0.717, 1.165) is 0 Å². The van der Waals surface area contributed by atoms with Gasteiger partial charge in [-0.2, -0.15) is 0 Å². The number of nitrogens with one attached hydrogen (secondary N) is 1. The van der Waals surface area contributed by atoms with Crippen LogP contribution in [0.1, 0.15) is 19.8 Å². The van der Waals surface area contributed by atoms with Crippen LogP contribution in [0.2, 0.25) is 0 Å². The molecule has 1 rings (SSSR count). The largest absolute Gasteiger partial charge is 0.314 e. The van der Waals surface area contributed by atoms with Gasteiger partial charge in [-0.15, -0.1) is 0 Å². The van der Waals surface area contributed by atoms with Gasteiger partial charge >= 0.3 is 0 Å². The van der Waals surface area contributed by atoms with Crippen LogP contribution in [0.3, 0.4) is 0 Å². The highest BCUT2D eigenvalue weighted by molar-refractivity contribution is 4.88. The zero-order valence-electron chi connectivity index (χ0n) is 10.1. The predicted molar refractivity (Wildman–Crippen MR) is 61.7 cm³/mol. The standard InChI is InChI=1S/C11H25N3/c1-11(12-2)5-7-14(8-6-11)10-9-13(3)4/h12H,5-10H2,1-4H3. The van der Waals surface area contributed by atoms with E-state index < -0.39 is 0 Å². The second-order valence-electron chi connectivity index (χ2n) is 4.96. The van der Waals surface area contributed by atoms with Crippen LogP contribution in [0.4, 0.5) is 0 Å². The molecule has 1 aliphatic rings. The molecule has 0 amide bonds. The number of likely N-dealkylation sites (tertiary alicyclic amines) is 1. The Hall–Kier alpha value is -0.120. The van der Waals surface area contributed by atoms with Crippen molar-refractivity contribution in [1.82, 2.24) is 15.1 Å². The minimum atomic E-state index is 0.384. The first-order valence-electron chi connectivity index (χ1n) is 5.62. The van der Waals surface area contributed by atoms with Gasteiger partial charge in [-0.1, -0.05) is 0 Å². The maximum absolute atomic E-state index is 3.43. The Morgan fingerprint density at radius 2 is 1.86 bits per heavy atom. The normalized spacial score (nSPS) is 22.9. The molecule has 0 saturated carbocycles. The lowest BCUT2D eigenvalue weighted by Gasteiger charge is -2.39. The molecule has 0 aliphatic carbocycles. The van der Waals surface area contributed by atoms with E-state index in [1.54, 1.807) is 0 Å². The molecule has 0 radical (unpaired) electrons. The summed E-state index contributed by atoms with van der Waals surface area (Å²) in [5.41, 5.74) is 0.384. The number of likely N-dealkylation sites (N-methyl/N-ethyl adjacent to an activating group) is 1. The monoisotopic (exact) mass is 199 g/mol. The summed E-state index contributed by atoms with van der Waals surface area (Å²) in [4.78, 5) is 4.82. The van der Waals surface area contributed by atoms with Gasteiger partial charge in [0.15, 0.2) is 0 Å². The van der Waals surface area contributed by atoms with Crippen molar-refractivity contribution in [3.63, 3.8) is 0 Å². The third-order valence-corrected chi connectivity index (χ3v) is 3.43. The first-order chi connectivity index (χ1) is 6.56. The number of hydrogen-bond donors (Lipinski definition) is 1. The Balaban J connectivity index is 2.22. The Kier molecular flexibility index (Phi) is 4.35. The Labute approximate surface area is 88.5 Å². The molecule has 1 fully saturated rings. The van der Waals surface area contributed by atoms with Crippen molar-refractivity contribution in [3.05, 3.63) is 0 Å². The average molecular weight is 199 g/mol. The van der Waals surface area contributed by atoms with Crippen LogP contribution >= 0.6 is 0 Å². The third-order valence-electron chi connectivity index (χ3n) is 3.43. The molecule has 0 bridgehead atoms. The van der Waals surface area contributed by atoms with Crippen LogP contribution in [0.25, 0.3) is 0 Å². The highest BCUT2D eigenvalue weighted by atomic mass is 15.2. The van der Waals surface area contributed by atoms with Crippen LogP contribution in [-0.2, 0) is 0 Å². The minimum absolute atomic E-state index is 0.384. The molecule has 1 heterocycles. The summed E-state index contributed by atoms with van der Waals surface area (Å²) in [6.07, 6.45) is 2.55. The zero-order chi connectivity index (χ0) is 10.6. The summed E-state index contributed by atoms with van der Waals surface area (Å²) in [7, 11) is 6.36. The lowest BCUT2D eigenvalue weighted by molar-refractivity contribution is 0.143. The van der Waals surface area contributed by atoms with Crippen molar-refractivity contribution in [2.24, 2.45) is 0 Å². The van der Waals surface area contributed by atoms with E-state index in [4.69, 9.17) is 0 Å². The highest BCUT2D eigenvalue weighted by Crippen LogP contribution is 2.20. The van der Waals surface area contributed by atoms with Gasteiger partial charge in [-0.05, 0) is 54.0 Å². The Bertz CT molecular complexity index is 160. The van der Waals surface area contributed by atoms with Crippen molar-refractivity contribution < 1.29 is 0 Å². The van der Waals surface area contributed by atoms with Gasteiger partial charge in [0.25, 0.3) is 0 Å². The molecule has 1 N–H and O–H groups in total. The maximum Gasteiger partial charge on any atom is 0.0174 e. The molecule has 0 aromatic heterocycles. The van der Waals surface area contributed by atoms with Crippen LogP contribution in [0.5, 0.6) is 0 Å². The van der Waals surface area contributed by atoms with Gasteiger partial charge < -0.3 is 15.1 Å². The van der Waals surface area contributed by atoms with E-state index in [9.17, 15) is 0 Å². The fourth-order valence-electron chi connectivity index (χ4n) is 1.86. The first kappa shape index (κ1) is 12.0. The first-order valence-corrected chi connectivity index (χ1v) is 5.62. The maximum atomic E-state index is 3.43. The van der Waals surface area contributed by atoms with Gasteiger partial charge in [-0.3, -0.25) is 0 Å².